The van der Waals surface area contributed by atoms with Gasteiger partial charge in [0.15, 0.2) is 16.4 Å². The molecule has 1 heterocycles. The Kier molecular flexibility index (Phi) is 6.53. The summed E-state index contributed by atoms with van der Waals surface area (Å²) in [6.07, 6.45) is 0.425. The first kappa shape index (κ1) is 21.0. The van der Waals surface area contributed by atoms with Crippen LogP contribution < -0.4 is 4.74 Å². The zero-order valence-electron chi connectivity index (χ0n) is 15.4. The van der Waals surface area contributed by atoms with Crippen LogP contribution in [-0.4, -0.2) is 43.4 Å². The van der Waals surface area contributed by atoms with E-state index < -0.39 is 9.84 Å². The van der Waals surface area contributed by atoms with Crippen molar-refractivity contribution in [2.75, 3.05) is 18.1 Å². The third-order valence-electron chi connectivity index (χ3n) is 4.70. The lowest BCUT2D eigenvalue weighted by Gasteiger charge is -2.28. The summed E-state index contributed by atoms with van der Waals surface area (Å²) in [6, 6.07) is 12.0. The highest BCUT2D eigenvalue weighted by molar-refractivity contribution is 7.91. The molecule has 3 rings (SSSR count). The molecular formula is C20H21Cl2NO4S. The molecule has 2 aromatic carbocycles. The van der Waals surface area contributed by atoms with Crippen molar-refractivity contribution in [2.24, 2.45) is 0 Å². The number of hydrogen-bond donors (Lipinski definition) is 0. The Bertz CT molecular complexity index is 978. The van der Waals surface area contributed by atoms with Crippen LogP contribution in [0, 0.1) is 6.92 Å². The number of carbonyl (C=O) groups is 1. The van der Waals surface area contributed by atoms with Crippen molar-refractivity contribution in [1.82, 2.24) is 4.90 Å². The number of benzene rings is 2. The standard InChI is InChI=1S/C20H21Cl2NO4S/c1-14-9-17(22)5-6-19(14)27-12-20(24)23(18-7-8-28(25,26)13-18)11-15-3-2-4-16(21)10-15/h2-6,9-10,18H,7-8,11-13H2,1H3. The third-order valence-corrected chi connectivity index (χ3v) is 6.92. The summed E-state index contributed by atoms with van der Waals surface area (Å²) < 4.78 is 29.5. The van der Waals surface area contributed by atoms with Gasteiger partial charge in [-0.1, -0.05) is 35.3 Å². The topological polar surface area (TPSA) is 63.7 Å². The summed E-state index contributed by atoms with van der Waals surface area (Å²) >= 11 is 12.0. The predicted molar refractivity (Wildman–Crippen MR) is 111 cm³/mol. The number of halogens is 2. The number of sulfone groups is 1. The van der Waals surface area contributed by atoms with Crippen LogP contribution in [0.1, 0.15) is 17.5 Å². The molecule has 1 fully saturated rings. The van der Waals surface area contributed by atoms with Gasteiger partial charge < -0.3 is 9.64 Å². The molecule has 150 valence electrons. The summed E-state index contributed by atoms with van der Waals surface area (Å²) in [4.78, 5) is 14.5. The lowest BCUT2D eigenvalue weighted by atomic mass is 10.1. The van der Waals surface area contributed by atoms with Gasteiger partial charge in [0.1, 0.15) is 5.75 Å². The van der Waals surface area contributed by atoms with E-state index in [4.69, 9.17) is 27.9 Å². The summed E-state index contributed by atoms with van der Waals surface area (Å²) in [6.45, 7) is 1.95. The summed E-state index contributed by atoms with van der Waals surface area (Å²) in [5.41, 5.74) is 1.66. The summed E-state index contributed by atoms with van der Waals surface area (Å²) in [7, 11) is -3.13. The second kappa shape index (κ2) is 8.72. The number of carbonyl (C=O) groups excluding carboxylic acids is 1. The summed E-state index contributed by atoms with van der Waals surface area (Å²) in [5, 5.41) is 1.16. The van der Waals surface area contributed by atoms with Gasteiger partial charge in [0.2, 0.25) is 0 Å². The van der Waals surface area contributed by atoms with Gasteiger partial charge >= 0.3 is 0 Å². The van der Waals surface area contributed by atoms with Crippen LogP contribution in [0.4, 0.5) is 0 Å². The van der Waals surface area contributed by atoms with Crippen LogP contribution >= 0.6 is 23.2 Å². The molecule has 1 amide bonds. The van der Waals surface area contributed by atoms with Gasteiger partial charge in [-0.3, -0.25) is 4.79 Å². The van der Waals surface area contributed by atoms with E-state index in [9.17, 15) is 13.2 Å². The van der Waals surface area contributed by atoms with Crippen LogP contribution in [0.5, 0.6) is 5.75 Å². The minimum absolute atomic E-state index is 0.0285. The Balaban J connectivity index is 1.76. The van der Waals surface area contributed by atoms with Crippen molar-refractivity contribution < 1.29 is 17.9 Å². The molecule has 1 saturated heterocycles. The molecule has 0 radical (unpaired) electrons. The fraction of sp³-hybridized carbons (Fsp3) is 0.350. The Hall–Kier alpha value is -1.76. The first-order valence-corrected chi connectivity index (χ1v) is 11.4. The Labute approximate surface area is 175 Å². The molecule has 1 aliphatic heterocycles. The van der Waals surface area contributed by atoms with E-state index in [1.807, 2.05) is 13.0 Å². The second-order valence-electron chi connectivity index (χ2n) is 6.91. The van der Waals surface area contributed by atoms with E-state index in [0.717, 1.165) is 11.1 Å². The number of nitrogens with zero attached hydrogens (tertiary/aromatic N) is 1. The maximum atomic E-state index is 12.9. The maximum Gasteiger partial charge on any atom is 0.261 e. The van der Waals surface area contributed by atoms with E-state index in [1.54, 1.807) is 41.3 Å². The Morgan fingerprint density at radius 3 is 2.57 bits per heavy atom. The quantitative estimate of drug-likeness (QED) is 0.681. The highest BCUT2D eigenvalue weighted by Gasteiger charge is 2.34. The molecule has 0 aliphatic carbocycles. The Morgan fingerprint density at radius 1 is 1.18 bits per heavy atom. The molecule has 0 spiro atoms. The molecule has 1 aliphatic rings. The van der Waals surface area contributed by atoms with Gasteiger partial charge in [-0.25, -0.2) is 8.42 Å². The first-order valence-electron chi connectivity index (χ1n) is 8.87. The highest BCUT2D eigenvalue weighted by atomic mass is 35.5. The van der Waals surface area contributed by atoms with Crippen molar-refractivity contribution >= 4 is 38.9 Å². The predicted octanol–water partition coefficient (Wildman–Crippen LogP) is 3.90. The minimum Gasteiger partial charge on any atom is -0.483 e. The molecule has 5 nitrogen and oxygen atoms in total. The number of hydrogen-bond acceptors (Lipinski definition) is 4. The largest absolute Gasteiger partial charge is 0.483 e. The number of rotatable bonds is 6. The van der Waals surface area contributed by atoms with Gasteiger partial charge in [0.05, 0.1) is 11.5 Å². The zero-order chi connectivity index (χ0) is 20.3. The molecule has 0 aromatic heterocycles. The van der Waals surface area contributed by atoms with E-state index in [1.165, 1.54) is 0 Å². The van der Waals surface area contributed by atoms with E-state index in [0.29, 0.717) is 22.2 Å². The van der Waals surface area contributed by atoms with E-state index >= 15 is 0 Å². The molecule has 0 saturated carbocycles. The van der Waals surface area contributed by atoms with Crippen LogP contribution in [-0.2, 0) is 21.2 Å². The van der Waals surface area contributed by atoms with E-state index in [-0.39, 0.29) is 36.6 Å². The van der Waals surface area contributed by atoms with Gasteiger partial charge in [0, 0.05) is 22.6 Å². The molecule has 0 N–H and O–H groups in total. The van der Waals surface area contributed by atoms with Crippen LogP contribution in [0.3, 0.4) is 0 Å². The minimum atomic E-state index is -3.13. The van der Waals surface area contributed by atoms with Gasteiger partial charge in [0.25, 0.3) is 5.91 Å². The van der Waals surface area contributed by atoms with Crippen molar-refractivity contribution in [2.45, 2.75) is 25.9 Å². The monoisotopic (exact) mass is 441 g/mol. The molecule has 28 heavy (non-hydrogen) atoms. The lowest BCUT2D eigenvalue weighted by Crippen LogP contribution is -2.43. The molecule has 8 heteroatoms. The smallest absolute Gasteiger partial charge is 0.261 e. The molecule has 0 bridgehead atoms. The average Bonchev–Trinajstić information content (AvgIpc) is 2.98. The fourth-order valence-corrected chi connectivity index (χ4v) is 5.44. The average molecular weight is 442 g/mol. The molecular weight excluding hydrogens is 421 g/mol. The molecule has 1 unspecified atom stereocenters. The third kappa shape index (κ3) is 5.40. The van der Waals surface area contributed by atoms with Crippen molar-refractivity contribution in [1.29, 1.82) is 0 Å². The van der Waals surface area contributed by atoms with Crippen molar-refractivity contribution in [3.63, 3.8) is 0 Å². The van der Waals surface area contributed by atoms with Crippen molar-refractivity contribution in [3.8, 4) is 5.75 Å². The van der Waals surface area contributed by atoms with Crippen LogP contribution in [0.2, 0.25) is 10.0 Å². The molecule has 1 atom stereocenters. The van der Waals surface area contributed by atoms with Crippen molar-refractivity contribution in [3.05, 3.63) is 63.6 Å². The Morgan fingerprint density at radius 2 is 1.93 bits per heavy atom. The normalized spacial score (nSPS) is 18.0. The first-order chi connectivity index (χ1) is 13.2. The van der Waals surface area contributed by atoms with Gasteiger partial charge in [-0.2, -0.15) is 0 Å². The highest BCUT2D eigenvalue weighted by Crippen LogP contribution is 2.24. The van der Waals surface area contributed by atoms with Gasteiger partial charge in [-0.05, 0) is 54.8 Å². The number of amides is 1. The summed E-state index contributed by atoms with van der Waals surface area (Å²) in [5.74, 6) is 0.365. The van der Waals surface area contributed by atoms with Crippen LogP contribution in [0.25, 0.3) is 0 Å². The number of aryl methyl sites for hydroxylation is 1. The van der Waals surface area contributed by atoms with Crippen LogP contribution in [0.15, 0.2) is 42.5 Å². The second-order valence-corrected chi connectivity index (χ2v) is 10.0. The lowest BCUT2D eigenvalue weighted by molar-refractivity contribution is -0.136. The van der Waals surface area contributed by atoms with Gasteiger partial charge in [-0.15, -0.1) is 0 Å². The maximum absolute atomic E-state index is 12.9. The number of ether oxygens (including phenoxy) is 1. The van der Waals surface area contributed by atoms with E-state index in [2.05, 4.69) is 0 Å². The fourth-order valence-electron chi connectivity index (χ4n) is 3.27. The molecule has 2 aromatic rings. The SMILES string of the molecule is Cc1cc(Cl)ccc1OCC(=O)N(Cc1cccc(Cl)c1)C1CCS(=O)(=O)C1. The zero-order valence-corrected chi connectivity index (χ0v) is 17.7.